The van der Waals surface area contributed by atoms with E-state index in [1.165, 1.54) is 11.0 Å². The number of hydrogen-bond acceptors (Lipinski definition) is 5. The highest BCUT2D eigenvalue weighted by molar-refractivity contribution is 5.92. The maximum Gasteiger partial charge on any atom is 0.408 e. The molecule has 1 rings (SSSR count). The number of aryl methyl sites for hydroxylation is 1. The standard InChI is InChI=1S/C26H43N3O5/c1-10-11-14-29(24(32)21(16(2)3)28-25(33)34-26(7,8)9)22(23(31)27-17(4)5)19-12-13-20(30)18(6)15-19/h12-13,15-17,21-22,30H,10-11,14H2,1-9H3,(H,27,31)(H,28,33). The van der Waals surface area contributed by atoms with Crippen LogP contribution in [0.5, 0.6) is 5.75 Å². The van der Waals surface area contributed by atoms with Crippen LogP contribution in [0.2, 0.25) is 0 Å². The molecule has 8 nitrogen and oxygen atoms in total. The predicted molar refractivity (Wildman–Crippen MR) is 133 cm³/mol. The zero-order valence-electron chi connectivity index (χ0n) is 22.2. The Bertz CT molecular complexity index is 845. The second-order valence-electron chi connectivity index (χ2n) is 10.4. The Kier molecular flexibility index (Phi) is 10.9. The molecule has 0 spiro atoms. The number of benzene rings is 1. The molecule has 0 aliphatic heterocycles. The van der Waals surface area contributed by atoms with Crippen molar-refractivity contribution in [1.82, 2.24) is 15.5 Å². The molecule has 2 atom stereocenters. The molecule has 0 saturated carbocycles. The number of phenols is 1. The summed E-state index contributed by atoms with van der Waals surface area (Å²) in [6, 6.07) is 2.99. The molecule has 0 fully saturated rings. The number of ether oxygens (including phenoxy) is 1. The molecule has 0 radical (unpaired) electrons. The van der Waals surface area contributed by atoms with Crippen LogP contribution in [0, 0.1) is 12.8 Å². The number of carbonyl (C=O) groups excluding carboxylic acids is 3. The minimum absolute atomic E-state index is 0.116. The average molecular weight is 478 g/mol. The Morgan fingerprint density at radius 1 is 1.09 bits per heavy atom. The number of nitrogens with one attached hydrogen (secondary N) is 2. The number of amides is 3. The molecule has 0 heterocycles. The van der Waals surface area contributed by atoms with Crippen LogP contribution in [-0.2, 0) is 14.3 Å². The summed E-state index contributed by atoms with van der Waals surface area (Å²) in [4.78, 5) is 41.3. The van der Waals surface area contributed by atoms with Gasteiger partial charge in [-0.2, -0.15) is 0 Å². The van der Waals surface area contributed by atoms with Gasteiger partial charge in [0.25, 0.3) is 0 Å². The van der Waals surface area contributed by atoms with E-state index in [4.69, 9.17) is 4.74 Å². The van der Waals surface area contributed by atoms with E-state index in [0.29, 0.717) is 24.1 Å². The first-order valence-corrected chi connectivity index (χ1v) is 12.1. The Balaban J connectivity index is 3.48. The van der Waals surface area contributed by atoms with Crippen molar-refractivity contribution >= 4 is 17.9 Å². The van der Waals surface area contributed by atoms with E-state index >= 15 is 0 Å². The van der Waals surface area contributed by atoms with Crippen LogP contribution in [0.25, 0.3) is 0 Å². The fraction of sp³-hybridized carbons (Fsp3) is 0.654. The minimum atomic E-state index is -0.914. The lowest BCUT2D eigenvalue weighted by Gasteiger charge is -2.36. The Labute approximate surface area is 204 Å². The van der Waals surface area contributed by atoms with E-state index in [9.17, 15) is 19.5 Å². The molecule has 1 aromatic carbocycles. The summed E-state index contributed by atoms with van der Waals surface area (Å²) in [5.41, 5.74) is 0.493. The first-order valence-electron chi connectivity index (χ1n) is 12.1. The Morgan fingerprint density at radius 3 is 2.18 bits per heavy atom. The third kappa shape index (κ3) is 8.88. The highest BCUT2D eigenvalue weighted by atomic mass is 16.6. The van der Waals surface area contributed by atoms with Gasteiger partial charge in [-0.15, -0.1) is 0 Å². The second kappa shape index (κ2) is 12.6. The van der Waals surface area contributed by atoms with Crippen LogP contribution in [0.1, 0.15) is 85.4 Å². The molecule has 0 aliphatic rings. The van der Waals surface area contributed by atoms with E-state index in [1.807, 2.05) is 34.6 Å². The van der Waals surface area contributed by atoms with Crippen LogP contribution in [-0.4, -0.2) is 52.1 Å². The monoisotopic (exact) mass is 477 g/mol. The third-order valence-electron chi connectivity index (χ3n) is 5.17. The van der Waals surface area contributed by atoms with Crippen LogP contribution in [0.4, 0.5) is 4.79 Å². The van der Waals surface area contributed by atoms with Crippen molar-refractivity contribution in [2.75, 3.05) is 6.54 Å². The highest BCUT2D eigenvalue weighted by Gasteiger charge is 2.37. The lowest BCUT2D eigenvalue weighted by Crippen LogP contribution is -2.55. The van der Waals surface area contributed by atoms with Crippen LogP contribution >= 0.6 is 0 Å². The van der Waals surface area contributed by atoms with E-state index in [2.05, 4.69) is 10.6 Å². The van der Waals surface area contributed by atoms with Crippen molar-refractivity contribution in [2.45, 2.75) is 98.9 Å². The zero-order valence-corrected chi connectivity index (χ0v) is 22.2. The van der Waals surface area contributed by atoms with Crippen molar-refractivity contribution in [3.05, 3.63) is 29.3 Å². The van der Waals surface area contributed by atoms with E-state index < -0.39 is 23.8 Å². The smallest absolute Gasteiger partial charge is 0.408 e. The van der Waals surface area contributed by atoms with Gasteiger partial charge in [0.15, 0.2) is 0 Å². The molecule has 34 heavy (non-hydrogen) atoms. The normalized spacial score (nSPS) is 13.4. The second-order valence-corrected chi connectivity index (χ2v) is 10.4. The Morgan fingerprint density at radius 2 is 1.71 bits per heavy atom. The molecule has 0 saturated heterocycles. The molecular formula is C26H43N3O5. The van der Waals surface area contributed by atoms with Gasteiger partial charge in [0, 0.05) is 12.6 Å². The maximum atomic E-state index is 13.9. The number of hydrogen-bond donors (Lipinski definition) is 3. The van der Waals surface area contributed by atoms with Crippen molar-refractivity contribution in [3.8, 4) is 5.75 Å². The van der Waals surface area contributed by atoms with Gasteiger partial charge in [0.1, 0.15) is 23.4 Å². The number of alkyl carbamates (subject to hydrolysis) is 1. The fourth-order valence-corrected chi connectivity index (χ4v) is 3.51. The summed E-state index contributed by atoms with van der Waals surface area (Å²) in [6.45, 7) is 16.8. The summed E-state index contributed by atoms with van der Waals surface area (Å²) >= 11 is 0. The van der Waals surface area contributed by atoms with Gasteiger partial charge < -0.3 is 25.4 Å². The van der Waals surface area contributed by atoms with Crippen LogP contribution in [0.3, 0.4) is 0 Å². The van der Waals surface area contributed by atoms with Gasteiger partial charge in [0.05, 0.1) is 0 Å². The summed E-state index contributed by atoms with van der Waals surface area (Å²) in [7, 11) is 0. The number of phenolic OH excluding ortho intramolecular Hbond substituents is 1. The molecule has 8 heteroatoms. The molecule has 2 unspecified atom stereocenters. The van der Waals surface area contributed by atoms with Crippen molar-refractivity contribution in [3.63, 3.8) is 0 Å². The number of nitrogens with zero attached hydrogens (tertiary/aromatic N) is 1. The molecule has 3 N–H and O–H groups in total. The quantitative estimate of drug-likeness (QED) is 0.462. The summed E-state index contributed by atoms with van der Waals surface area (Å²) in [6.07, 6.45) is 0.826. The van der Waals surface area contributed by atoms with E-state index in [0.717, 1.165) is 6.42 Å². The largest absolute Gasteiger partial charge is 0.508 e. The van der Waals surface area contributed by atoms with Gasteiger partial charge in [-0.3, -0.25) is 9.59 Å². The molecule has 3 amide bonds. The number of unbranched alkanes of at least 4 members (excludes halogenated alkanes) is 1. The lowest BCUT2D eigenvalue weighted by molar-refractivity contribution is -0.143. The first-order chi connectivity index (χ1) is 15.7. The minimum Gasteiger partial charge on any atom is -0.508 e. The van der Waals surface area contributed by atoms with Gasteiger partial charge in [-0.1, -0.05) is 33.3 Å². The average Bonchev–Trinajstić information content (AvgIpc) is 2.69. The number of rotatable bonds is 10. The van der Waals surface area contributed by atoms with Crippen molar-refractivity contribution in [2.24, 2.45) is 5.92 Å². The predicted octanol–water partition coefficient (Wildman–Crippen LogP) is 4.44. The summed E-state index contributed by atoms with van der Waals surface area (Å²) in [5, 5.41) is 15.6. The molecule has 0 aromatic heterocycles. The SMILES string of the molecule is CCCCN(C(=O)C(NC(=O)OC(C)(C)C)C(C)C)C(C(=O)NC(C)C)c1ccc(O)c(C)c1. The molecular weight excluding hydrogens is 434 g/mol. The zero-order chi connectivity index (χ0) is 26.2. The topological polar surface area (TPSA) is 108 Å². The van der Waals surface area contributed by atoms with Crippen LogP contribution in [0.15, 0.2) is 18.2 Å². The Hall–Kier alpha value is -2.77. The van der Waals surface area contributed by atoms with E-state index in [1.54, 1.807) is 39.8 Å². The molecule has 0 aliphatic carbocycles. The van der Waals surface area contributed by atoms with Gasteiger partial charge in [-0.25, -0.2) is 4.79 Å². The molecule has 192 valence electrons. The lowest BCUT2D eigenvalue weighted by atomic mass is 9.97. The first kappa shape index (κ1) is 29.3. The number of carbonyl (C=O) groups is 3. The highest BCUT2D eigenvalue weighted by Crippen LogP contribution is 2.28. The van der Waals surface area contributed by atoms with Crippen molar-refractivity contribution in [1.29, 1.82) is 0 Å². The maximum absolute atomic E-state index is 13.9. The molecule has 1 aromatic rings. The van der Waals surface area contributed by atoms with Crippen molar-refractivity contribution < 1.29 is 24.2 Å². The summed E-state index contributed by atoms with van der Waals surface area (Å²) in [5.74, 6) is -0.794. The van der Waals surface area contributed by atoms with E-state index in [-0.39, 0.29) is 29.5 Å². The van der Waals surface area contributed by atoms with Gasteiger partial charge in [-0.05, 0) is 77.1 Å². The molecule has 0 bridgehead atoms. The summed E-state index contributed by atoms with van der Waals surface area (Å²) < 4.78 is 5.38. The third-order valence-corrected chi connectivity index (χ3v) is 5.17. The van der Waals surface area contributed by atoms with Gasteiger partial charge in [0.2, 0.25) is 11.8 Å². The van der Waals surface area contributed by atoms with Gasteiger partial charge >= 0.3 is 6.09 Å². The fourth-order valence-electron chi connectivity index (χ4n) is 3.51. The number of aromatic hydroxyl groups is 1. The van der Waals surface area contributed by atoms with Crippen LogP contribution < -0.4 is 10.6 Å².